The highest BCUT2D eigenvalue weighted by atomic mass is 14.5. The van der Waals surface area contributed by atoms with Gasteiger partial charge in [0.25, 0.3) is 0 Å². The molecule has 1 heteroatoms. The zero-order valence-corrected chi connectivity index (χ0v) is 11.2. The predicted molar refractivity (Wildman–Crippen MR) is 77.9 cm³/mol. The minimum Gasteiger partial charge on any atom is -0.330 e. The third-order valence-electron chi connectivity index (χ3n) is 3.52. The largest absolute Gasteiger partial charge is 0.330 e. The fourth-order valence-electron chi connectivity index (χ4n) is 2.40. The van der Waals surface area contributed by atoms with Crippen LogP contribution in [-0.2, 0) is 6.42 Å². The summed E-state index contributed by atoms with van der Waals surface area (Å²) in [4.78, 5) is 0. The fraction of sp³-hybridized carbons (Fsp3) is 0.294. The Morgan fingerprint density at radius 2 is 1.72 bits per heavy atom. The van der Waals surface area contributed by atoms with Gasteiger partial charge >= 0.3 is 0 Å². The Kier molecular flexibility index (Phi) is 4.16. The van der Waals surface area contributed by atoms with Gasteiger partial charge in [0, 0.05) is 5.92 Å². The standard InChI is InChI=1S/C17H21N/c1-13-8-9-16(14(2)10-13)11-17(12-18)15-6-4-3-5-7-15/h3-10,17H,11-12,18H2,1-2H3. The second-order valence-corrected chi connectivity index (χ2v) is 4.98. The van der Waals surface area contributed by atoms with Crippen LogP contribution >= 0.6 is 0 Å². The van der Waals surface area contributed by atoms with E-state index in [1.807, 2.05) is 6.07 Å². The summed E-state index contributed by atoms with van der Waals surface area (Å²) in [5.74, 6) is 0.410. The second kappa shape index (κ2) is 5.83. The van der Waals surface area contributed by atoms with Crippen LogP contribution in [0.15, 0.2) is 48.5 Å². The Morgan fingerprint density at radius 1 is 1.00 bits per heavy atom. The summed E-state index contributed by atoms with van der Waals surface area (Å²) in [5, 5.41) is 0. The second-order valence-electron chi connectivity index (χ2n) is 4.98. The Hall–Kier alpha value is -1.60. The number of hydrogen-bond acceptors (Lipinski definition) is 1. The van der Waals surface area contributed by atoms with Crippen molar-refractivity contribution in [3.8, 4) is 0 Å². The molecule has 2 aromatic carbocycles. The third kappa shape index (κ3) is 2.99. The van der Waals surface area contributed by atoms with Crippen molar-refractivity contribution in [2.45, 2.75) is 26.2 Å². The molecule has 18 heavy (non-hydrogen) atoms. The van der Waals surface area contributed by atoms with Gasteiger partial charge in [0.05, 0.1) is 0 Å². The molecule has 0 aliphatic heterocycles. The van der Waals surface area contributed by atoms with E-state index in [-0.39, 0.29) is 0 Å². The van der Waals surface area contributed by atoms with Crippen LogP contribution in [-0.4, -0.2) is 6.54 Å². The fourth-order valence-corrected chi connectivity index (χ4v) is 2.40. The number of rotatable bonds is 4. The maximum absolute atomic E-state index is 5.93. The summed E-state index contributed by atoms with van der Waals surface area (Å²) < 4.78 is 0. The van der Waals surface area contributed by atoms with Gasteiger partial charge in [-0.2, -0.15) is 0 Å². The first kappa shape index (κ1) is 12.8. The number of nitrogens with two attached hydrogens (primary N) is 1. The van der Waals surface area contributed by atoms with Gasteiger partial charge in [-0.25, -0.2) is 0 Å². The molecule has 0 spiro atoms. The molecule has 0 aliphatic rings. The Morgan fingerprint density at radius 3 is 2.33 bits per heavy atom. The van der Waals surface area contributed by atoms with Crippen molar-refractivity contribution in [2.75, 3.05) is 6.54 Å². The van der Waals surface area contributed by atoms with E-state index < -0.39 is 0 Å². The van der Waals surface area contributed by atoms with E-state index in [4.69, 9.17) is 5.73 Å². The number of aryl methyl sites for hydroxylation is 2. The van der Waals surface area contributed by atoms with Crippen molar-refractivity contribution in [3.63, 3.8) is 0 Å². The van der Waals surface area contributed by atoms with Gasteiger partial charge in [0.15, 0.2) is 0 Å². The van der Waals surface area contributed by atoms with Gasteiger partial charge in [-0.05, 0) is 43.5 Å². The van der Waals surface area contributed by atoms with E-state index in [1.54, 1.807) is 0 Å². The quantitative estimate of drug-likeness (QED) is 0.867. The van der Waals surface area contributed by atoms with Crippen molar-refractivity contribution in [3.05, 3.63) is 70.8 Å². The zero-order valence-electron chi connectivity index (χ0n) is 11.2. The molecule has 0 bridgehead atoms. The summed E-state index contributed by atoms with van der Waals surface area (Å²) in [6.07, 6.45) is 1.02. The van der Waals surface area contributed by atoms with Gasteiger partial charge < -0.3 is 5.73 Å². The van der Waals surface area contributed by atoms with Gasteiger partial charge in [0.1, 0.15) is 0 Å². The number of hydrogen-bond donors (Lipinski definition) is 1. The molecule has 2 rings (SSSR count). The highest BCUT2D eigenvalue weighted by molar-refractivity contribution is 5.33. The molecule has 0 fully saturated rings. The average molecular weight is 239 g/mol. The van der Waals surface area contributed by atoms with E-state index in [1.165, 1.54) is 22.3 Å². The Labute approximate surface area is 110 Å². The van der Waals surface area contributed by atoms with E-state index in [9.17, 15) is 0 Å². The van der Waals surface area contributed by atoms with Gasteiger partial charge in [-0.3, -0.25) is 0 Å². The molecule has 0 radical (unpaired) electrons. The summed E-state index contributed by atoms with van der Waals surface area (Å²) in [6.45, 7) is 5.01. The topological polar surface area (TPSA) is 26.0 Å². The van der Waals surface area contributed by atoms with Crippen LogP contribution in [0.2, 0.25) is 0 Å². The number of benzene rings is 2. The van der Waals surface area contributed by atoms with Crippen molar-refractivity contribution in [1.82, 2.24) is 0 Å². The van der Waals surface area contributed by atoms with Crippen molar-refractivity contribution in [1.29, 1.82) is 0 Å². The molecule has 0 amide bonds. The van der Waals surface area contributed by atoms with Crippen molar-refractivity contribution >= 4 is 0 Å². The van der Waals surface area contributed by atoms with E-state index in [0.29, 0.717) is 12.5 Å². The smallest absolute Gasteiger partial charge is 0.000167 e. The minimum atomic E-state index is 0.410. The summed E-state index contributed by atoms with van der Waals surface area (Å²) in [6, 6.07) is 17.2. The van der Waals surface area contributed by atoms with Crippen molar-refractivity contribution < 1.29 is 0 Å². The lowest BCUT2D eigenvalue weighted by atomic mass is 9.90. The molecule has 2 aromatic rings. The maximum atomic E-state index is 5.93. The van der Waals surface area contributed by atoms with Gasteiger partial charge in [-0.1, -0.05) is 54.1 Å². The Balaban J connectivity index is 2.21. The molecule has 94 valence electrons. The molecule has 0 heterocycles. The van der Waals surface area contributed by atoms with E-state index >= 15 is 0 Å². The molecule has 1 unspecified atom stereocenters. The van der Waals surface area contributed by atoms with Crippen LogP contribution in [0.1, 0.15) is 28.2 Å². The van der Waals surface area contributed by atoms with Crippen molar-refractivity contribution in [2.24, 2.45) is 5.73 Å². The van der Waals surface area contributed by atoms with Crippen LogP contribution in [0.3, 0.4) is 0 Å². The lowest BCUT2D eigenvalue weighted by Gasteiger charge is -2.17. The lowest BCUT2D eigenvalue weighted by molar-refractivity contribution is 0.692. The Bertz CT molecular complexity index is 502. The highest BCUT2D eigenvalue weighted by Gasteiger charge is 2.11. The highest BCUT2D eigenvalue weighted by Crippen LogP contribution is 2.22. The van der Waals surface area contributed by atoms with Crippen LogP contribution in [0.25, 0.3) is 0 Å². The van der Waals surface area contributed by atoms with Gasteiger partial charge in [0.2, 0.25) is 0 Å². The lowest BCUT2D eigenvalue weighted by Crippen LogP contribution is -2.15. The molecule has 0 saturated heterocycles. The predicted octanol–water partition coefficient (Wildman–Crippen LogP) is 3.59. The van der Waals surface area contributed by atoms with E-state index in [2.05, 4.69) is 56.3 Å². The SMILES string of the molecule is Cc1ccc(CC(CN)c2ccccc2)c(C)c1. The third-order valence-corrected chi connectivity index (χ3v) is 3.52. The minimum absolute atomic E-state index is 0.410. The maximum Gasteiger partial charge on any atom is 0.000167 e. The zero-order chi connectivity index (χ0) is 13.0. The first-order valence-electron chi connectivity index (χ1n) is 6.52. The molecule has 0 aromatic heterocycles. The van der Waals surface area contributed by atoms with Crippen LogP contribution < -0.4 is 5.73 Å². The van der Waals surface area contributed by atoms with Crippen LogP contribution in [0.4, 0.5) is 0 Å². The van der Waals surface area contributed by atoms with Gasteiger partial charge in [-0.15, -0.1) is 0 Å². The molecular weight excluding hydrogens is 218 g/mol. The molecular formula is C17H21N. The summed E-state index contributed by atoms with van der Waals surface area (Å²) in [7, 11) is 0. The van der Waals surface area contributed by atoms with E-state index in [0.717, 1.165) is 6.42 Å². The monoisotopic (exact) mass is 239 g/mol. The normalized spacial score (nSPS) is 12.4. The first-order valence-corrected chi connectivity index (χ1v) is 6.52. The summed E-state index contributed by atoms with van der Waals surface area (Å²) in [5.41, 5.74) is 11.4. The van der Waals surface area contributed by atoms with Crippen LogP contribution in [0.5, 0.6) is 0 Å². The molecule has 1 atom stereocenters. The van der Waals surface area contributed by atoms with Crippen LogP contribution in [0, 0.1) is 13.8 Å². The summed E-state index contributed by atoms with van der Waals surface area (Å²) >= 11 is 0. The molecule has 0 aliphatic carbocycles. The molecule has 1 nitrogen and oxygen atoms in total. The first-order chi connectivity index (χ1) is 8.70. The average Bonchev–Trinajstić information content (AvgIpc) is 2.39. The molecule has 2 N–H and O–H groups in total. The molecule has 0 saturated carbocycles.